The van der Waals surface area contributed by atoms with Gasteiger partial charge in [0.25, 0.3) is 0 Å². The number of hydrogen-bond donors (Lipinski definition) is 1. The Bertz CT molecular complexity index is 341. The fraction of sp³-hybridized carbons (Fsp3) is 0.957. The van der Waals surface area contributed by atoms with Crippen molar-refractivity contribution in [1.29, 1.82) is 0 Å². The highest BCUT2D eigenvalue weighted by molar-refractivity contribution is 5.45. The molecule has 4 heteroatoms. The van der Waals surface area contributed by atoms with Crippen molar-refractivity contribution in [1.82, 2.24) is 5.06 Å². The molecule has 0 aromatic heterocycles. The van der Waals surface area contributed by atoms with Gasteiger partial charge in [0.2, 0.25) is 6.41 Å². The summed E-state index contributed by atoms with van der Waals surface area (Å²) in [5.41, 5.74) is -0.440. The van der Waals surface area contributed by atoms with Crippen molar-refractivity contribution in [3.8, 4) is 0 Å². The molecule has 162 valence electrons. The summed E-state index contributed by atoms with van der Waals surface area (Å²) in [5.74, 6) is 0. The zero-order valence-electron chi connectivity index (χ0n) is 18.8. The van der Waals surface area contributed by atoms with E-state index >= 15 is 0 Å². The van der Waals surface area contributed by atoms with Crippen LogP contribution in [0.15, 0.2) is 0 Å². The van der Waals surface area contributed by atoms with Gasteiger partial charge in [-0.25, -0.2) is 5.06 Å². The number of rotatable bonds is 18. The summed E-state index contributed by atoms with van der Waals surface area (Å²) < 4.78 is 0. The predicted octanol–water partition coefficient (Wildman–Crippen LogP) is 6.41. The van der Waals surface area contributed by atoms with Gasteiger partial charge in [-0.05, 0) is 34.1 Å². The molecule has 4 nitrogen and oxygen atoms in total. The van der Waals surface area contributed by atoms with Crippen molar-refractivity contribution in [2.24, 2.45) is 0 Å². The van der Waals surface area contributed by atoms with Gasteiger partial charge < -0.3 is 5.11 Å². The van der Waals surface area contributed by atoms with E-state index in [4.69, 9.17) is 4.84 Å². The number of aliphatic hydroxyl groups is 1. The van der Waals surface area contributed by atoms with Crippen LogP contribution in [0, 0.1) is 0 Å². The molecule has 0 rings (SSSR count). The molecular formula is C23H47NO3. The van der Waals surface area contributed by atoms with Gasteiger partial charge in [-0.15, -0.1) is 0 Å². The van der Waals surface area contributed by atoms with E-state index in [0.717, 1.165) is 19.3 Å². The molecule has 0 fully saturated rings. The molecule has 0 aliphatic rings. The average Bonchev–Trinajstić information content (AvgIpc) is 2.62. The number of nitrogens with zero attached hydrogens (tertiary/aromatic N) is 1. The number of carbonyl (C=O) groups is 1. The summed E-state index contributed by atoms with van der Waals surface area (Å²) in [7, 11) is 0. The Hall–Kier alpha value is -0.610. The molecule has 0 spiro atoms. The molecule has 1 amide bonds. The minimum atomic E-state index is -0.537. The Morgan fingerprint density at radius 3 is 1.63 bits per heavy atom. The predicted molar refractivity (Wildman–Crippen MR) is 115 cm³/mol. The highest BCUT2D eigenvalue weighted by Crippen LogP contribution is 2.17. The Morgan fingerprint density at radius 2 is 1.26 bits per heavy atom. The lowest BCUT2D eigenvalue weighted by Gasteiger charge is -2.33. The molecule has 1 N–H and O–H groups in total. The Kier molecular flexibility index (Phi) is 16.0. The SMILES string of the molecule is CCCCCCCCCCCCCCCC(O)C(C)N(C=O)OC(C)(C)C. The largest absolute Gasteiger partial charge is 0.391 e. The highest BCUT2D eigenvalue weighted by Gasteiger charge is 2.25. The van der Waals surface area contributed by atoms with E-state index in [2.05, 4.69) is 6.92 Å². The van der Waals surface area contributed by atoms with Crippen LogP contribution in [0.5, 0.6) is 0 Å². The lowest BCUT2D eigenvalue weighted by atomic mass is 10.0. The molecule has 0 radical (unpaired) electrons. The maximum Gasteiger partial charge on any atom is 0.233 e. The molecule has 2 unspecified atom stereocenters. The molecule has 0 saturated heterocycles. The first-order chi connectivity index (χ1) is 12.8. The summed E-state index contributed by atoms with van der Waals surface area (Å²) >= 11 is 0. The van der Waals surface area contributed by atoms with E-state index in [1.807, 2.05) is 27.7 Å². The van der Waals surface area contributed by atoms with Gasteiger partial charge >= 0.3 is 0 Å². The van der Waals surface area contributed by atoms with Crippen molar-refractivity contribution >= 4 is 6.41 Å². The van der Waals surface area contributed by atoms with E-state index in [0.29, 0.717) is 6.41 Å². The summed E-state index contributed by atoms with van der Waals surface area (Å²) in [6, 6.07) is -0.320. The fourth-order valence-corrected chi connectivity index (χ4v) is 3.30. The molecule has 0 aromatic carbocycles. The Morgan fingerprint density at radius 1 is 0.852 bits per heavy atom. The van der Waals surface area contributed by atoms with Gasteiger partial charge in [-0.3, -0.25) is 9.63 Å². The number of carbonyl (C=O) groups excluding carboxylic acids is 1. The lowest BCUT2D eigenvalue weighted by Crippen LogP contribution is -2.44. The van der Waals surface area contributed by atoms with Crippen LogP contribution in [-0.4, -0.2) is 34.3 Å². The Balaban J connectivity index is 3.59. The summed E-state index contributed by atoms with van der Waals surface area (Å²) in [4.78, 5) is 16.8. The number of hydroxylamine groups is 2. The van der Waals surface area contributed by atoms with Crippen LogP contribution in [0.25, 0.3) is 0 Å². The zero-order chi connectivity index (χ0) is 20.5. The van der Waals surface area contributed by atoms with Gasteiger partial charge in [0.15, 0.2) is 0 Å². The first-order valence-electron chi connectivity index (χ1n) is 11.4. The first kappa shape index (κ1) is 26.4. The number of amides is 1. The smallest absolute Gasteiger partial charge is 0.233 e. The molecule has 0 aromatic rings. The van der Waals surface area contributed by atoms with E-state index in [1.165, 1.54) is 75.7 Å². The number of hydrogen-bond acceptors (Lipinski definition) is 3. The van der Waals surface area contributed by atoms with Gasteiger partial charge in [0, 0.05) is 0 Å². The monoisotopic (exact) mass is 385 g/mol. The van der Waals surface area contributed by atoms with Gasteiger partial charge in [-0.2, -0.15) is 0 Å². The first-order valence-corrected chi connectivity index (χ1v) is 11.4. The van der Waals surface area contributed by atoms with E-state index < -0.39 is 11.7 Å². The molecule has 2 atom stereocenters. The molecule has 27 heavy (non-hydrogen) atoms. The normalized spacial score (nSPS) is 14.1. The highest BCUT2D eigenvalue weighted by atomic mass is 16.7. The minimum Gasteiger partial charge on any atom is -0.391 e. The summed E-state index contributed by atoms with van der Waals surface area (Å²) in [6.45, 7) is 9.80. The standard InChI is InChI=1S/C23H47NO3/c1-6-7-8-9-10-11-12-13-14-15-16-17-18-19-22(26)21(2)24(20-25)27-23(3,4)5/h20-22,26H,6-19H2,1-5H3. The van der Waals surface area contributed by atoms with Crippen LogP contribution < -0.4 is 0 Å². The second-order valence-electron chi connectivity index (χ2n) is 9.01. The summed E-state index contributed by atoms with van der Waals surface area (Å²) in [5, 5.41) is 11.6. The summed E-state index contributed by atoms with van der Waals surface area (Å²) in [6.07, 6.45) is 18.0. The third-order valence-electron chi connectivity index (χ3n) is 5.04. The molecule has 0 saturated carbocycles. The van der Waals surface area contributed by atoms with Crippen LogP contribution in [0.2, 0.25) is 0 Å². The second-order valence-corrected chi connectivity index (χ2v) is 9.01. The van der Waals surface area contributed by atoms with Crippen LogP contribution in [-0.2, 0) is 9.63 Å². The van der Waals surface area contributed by atoms with Gasteiger partial charge in [0.1, 0.15) is 0 Å². The van der Waals surface area contributed by atoms with Crippen LogP contribution in [0.4, 0.5) is 0 Å². The Labute approximate surface area is 169 Å². The third-order valence-corrected chi connectivity index (χ3v) is 5.04. The quantitative estimate of drug-likeness (QED) is 0.169. The molecule has 0 heterocycles. The van der Waals surface area contributed by atoms with E-state index in [-0.39, 0.29) is 6.04 Å². The van der Waals surface area contributed by atoms with Crippen LogP contribution in [0.3, 0.4) is 0 Å². The molecule has 0 bridgehead atoms. The number of aliphatic hydroxyl groups excluding tert-OH is 1. The van der Waals surface area contributed by atoms with E-state index in [9.17, 15) is 9.90 Å². The minimum absolute atomic E-state index is 0.320. The van der Waals surface area contributed by atoms with Gasteiger partial charge in [0.05, 0.1) is 17.7 Å². The third kappa shape index (κ3) is 16.1. The van der Waals surface area contributed by atoms with Crippen LogP contribution >= 0.6 is 0 Å². The average molecular weight is 386 g/mol. The van der Waals surface area contributed by atoms with Crippen molar-refractivity contribution in [3.05, 3.63) is 0 Å². The molecular weight excluding hydrogens is 338 g/mol. The van der Waals surface area contributed by atoms with Crippen molar-refractivity contribution in [2.45, 2.75) is 142 Å². The lowest BCUT2D eigenvalue weighted by molar-refractivity contribution is -0.240. The van der Waals surface area contributed by atoms with Crippen molar-refractivity contribution < 1.29 is 14.7 Å². The topological polar surface area (TPSA) is 49.8 Å². The van der Waals surface area contributed by atoms with Crippen molar-refractivity contribution in [3.63, 3.8) is 0 Å². The number of unbranched alkanes of at least 4 members (excludes halogenated alkanes) is 12. The molecule has 0 aliphatic carbocycles. The van der Waals surface area contributed by atoms with Crippen LogP contribution in [0.1, 0.15) is 125 Å². The van der Waals surface area contributed by atoms with Crippen molar-refractivity contribution in [2.75, 3.05) is 0 Å². The molecule has 0 aliphatic heterocycles. The maximum absolute atomic E-state index is 11.2. The van der Waals surface area contributed by atoms with Gasteiger partial charge in [-0.1, -0.05) is 90.4 Å². The fourth-order valence-electron chi connectivity index (χ4n) is 3.30. The van der Waals surface area contributed by atoms with E-state index in [1.54, 1.807) is 0 Å². The maximum atomic E-state index is 11.2. The zero-order valence-corrected chi connectivity index (χ0v) is 18.8. The second kappa shape index (κ2) is 16.4.